The van der Waals surface area contributed by atoms with Crippen molar-refractivity contribution in [1.29, 1.82) is 0 Å². The van der Waals surface area contributed by atoms with Gasteiger partial charge in [0.1, 0.15) is 0 Å². The van der Waals surface area contributed by atoms with Gasteiger partial charge in [-0.15, -0.1) is 0 Å². The zero-order chi connectivity index (χ0) is 13.3. The fourth-order valence-corrected chi connectivity index (χ4v) is 3.19. The van der Waals surface area contributed by atoms with Gasteiger partial charge in [0.15, 0.2) is 0 Å². The number of hydrogen-bond acceptors (Lipinski definition) is 4. The van der Waals surface area contributed by atoms with E-state index in [2.05, 4.69) is 4.36 Å². The van der Waals surface area contributed by atoms with Gasteiger partial charge in [0, 0.05) is 23.3 Å². The van der Waals surface area contributed by atoms with Crippen molar-refractivity contribution in [1.82, 2.24) is 0 Å². The van der Waals surface area contributed by atoms with E-state index in [0.29, 0.717) is 4.90 Å². The van der Waals surface area contributed by atoms with Crippen LogP contribution in [0.3, 0.4) is 0 Å². The van der Waals surface area contributed by atoms with Crippen molar-refractivity contribution in [2.75, 3.05) is 6.26 Å². The largest absolute Gasteiger partial charge is 0.269 e. The first-order chi connectivity index (χ1) is 7.62. The predicted molar refractivity (Wildman–Crippen MR) is 67.6 cm³/mol. The summed E-state index contributed by atoms with van der Waals surface area (Å²) < 4.78 is 16.6. The van der Waals surface area contributed by atoms with E-state index in [0.717, 1.165) is 0 Å². The zero-order valence-corrected chi connectivity index (χ0v) is 11.2. The fraction of sp³-hybridized carbons (Fsp3) is 0.455. The van der Waals surface area contributed by atoms with Gasteiger partial charge in [-0.25, -0.2) is 8.57 Å². The van der Waals surface area contributed by atoms with Crippen LogP contribution in [0.25, 0.3) is 0 Å². The van der Waals surface area contributed by atoms with Crippen LogP contribution in [0.5, 0.6) is 0 Å². The van der Waals surface area contributed by atoms with E-state index in [1.165, 1.54) is 24.3 Å². The normalized spacial score (nSPS) is 15.1. The van der Waals surface area contributed by atoms with Gasteiger partial charge >= 0.3 is 0 Å². The molecule has 1 rings (SSSR count). The first kappa shape index (κ1) is 13.6. The molecule has 0 saturated carbocycles. The lowest BCUT2D eigenvalue weighted by atomic mass is 10.1. The Bertz CT molecular complexity index is 535. The van der Waals surface area contributed by atoms with Crippen molar-refractivity contribution in [3.05, 3.63) is 34.4 Å². The van der Waals surface area contributed by atoms with E-state index >= 15 is 0 Å². The molecule has 0 bridgehead atoms. The average Bonchev–Trinajstić information content (AvgIpc) is 2.14. The van der Waals surface area contributed by atoms with Crippen LogP contribution in [-0.2, 0) is 9.73 Å². The van der Waals surface area contributed by atoms with Crippen LogP contribution in [0.1, 0.15) is 20.8 Å². The Hall–Kier alpha value is -1.43. The third-order valence-electron chi connectivity index (χ3n) is 1.93. The highest BCUT2D eigenvalue weighted by molar-refractivity contribution is 7.93. The summed E-state index contributed by atoms with van der Waals surface area (Å²) in [6.07, 6.45) is 1.54. The van der Waals surface area contributed by atoms with Crippen LogP contribution in [0.4, 0.5) is 5.69 Å². The van der Waals surface area contributed by atoms with Gasteiger partial charge in [-0.3, -0.25) is 10.1 Å². The molecule has 17 heavy (non-hydrogen) atoms. The van der Waals surface area contributed by atoms with Gasteiger partial charge < -0.3 is 0 Å². The number of benzene rings is 1. The lowest BCUT2D eigenvalue weighted by Gasteiger charge is -2.15. The minimum Gasteiger partial charge on any atom is -0.258 e. The zero-order valence-electron chi connectivity index (χ0n) is 10.3. The Kier molecular flexibility index (Phi) is 3.56. The quantitative estimate of drug-likeness (QED) is 0.603. The lowest BCUT2D eigenvalue weighted by molar-refractivity contribution is -0.384. The van der Waals surface area contributed by atoms with Crippen LogP contribution < -0.4 is 0 Å². The minimum atomic E-state index is -2.51. The molecule has 6 heteroatoms. The third-order valence-corrected chi connectivity index (χ3v) is 3.98. The summed E-state index contributed by atoms with van der Waals surface area (Å²) in [5.41, 5.74) is -0.423. The summed E-state index contributed by atoms with van der Waals surface area (Å²) in [5.74, 6) is 0. The van der Waals surface area contributed by atoms with Crippen LogP contribution in [0.15, 0.2) is 33.5 Å². The Morgan fingerprint density at radius 3 is 2.06 bits per heavy atom. The Balaban J connectivity index is 3.22. The van der Waals surface area contributed by atoms with Crippen LogP contribution >= 0.6 is 0 Å². The van der Waals surface area contributed by atoms with Gasteiger partial charge in [0.25, 0.3) is 5.69 Å². The standard InChI is InChI=1S/C11H16N2O3S/c1-11(2,3)12-17(4,16)10-7-5-9(6-8-10)13(14)15/h5-8H,1-4H3. The minimum absolute atomic E-state index is 0.0142. The second-order valence-corrected chi connectivity index (χ2v) is 7.07. The maximum absolute atomic E-state index is 12.3. The smallest absolute Gasteiger partial charge is 0.258 e. The summed E-state index contributed by atoms with van der Waals surface area (Å²) in [6, 6.07) is 5.68. The highest BCUT2D eigenvalue weighted by Gasteiger charge is 2.15. The van der Waals surface area contributed by atoms with Crippen molar-refractivity contribution in [3.63, 3.8) is 0 Å². The maximum atomic E-state index is 12.3. The van der Waals surface area contributed by atoms with Crippen LogP contribution in [0.2, 0.25) is 0 Å². The number of non-ortho nitro benzene ring substituents is 1. The summed E-state index contributed by atoms with van der Waals surface area (Å²) in [6.45, 7) is 5.59. The number of nitro groups is 1. The summed E-state index contributed by atoms with van der Waals surface area (Å²) in [7, 11) is -2.51. The molecule has 0 saturated heterocycles. The van der Waals surface area contributed by atoms with E-state index < -0.39 is 20.2 Å². The monoisotopic (exact) mass is 256 g/mol. The average molecular weight is 256 g/mol. The lowest BCUT2D eigenvalue weighted by Crippen LogP contribution is -2.13. The molecule has 0 radical (unpaired) electrons. The van der Waals surface area contributed by atoms with Crippen molar-refractivity contribution in [3.8, 4) is 0 Å². The Morgan fingerprint density at radius 1 is 1.24 bits per heavy atom. The fourth-order valence-electron chi connectivity index (χ4n) is 1.40. The highest BCUT2D eigenvalue weighted by Crippen LogP contribution is 2.20. The second kappa shape index (κ2) is 4.44. The molecule has 0 aliphatic carbocycles. The molecule has 1 aromatic carbocycles. The molecule has 1 unspecified atom stereocenters. The summed E-state index contributed by atoms with van der Waals surface area (Å²) in [4.78, 5) is 10.5. The molecular formula is C11H16N2O3S. The Labute approximate surface area is 101 Å². The number of rotatable bonds is 2. The van der Waals surface area contributed by atoms with Gasteiger partial charge in [0.05, 0.1) is 20.2 Å². The summed E-state index contributed by atoms with van der Waals surface area (Å²) in [5, 5.41) is 10.5. The van der Waals surface area contributed by atoms with E-state index in [1.807, 2.05) is 20.8 Å². The molecule has 5 nitrogen and oxygen atoms in total. The molecule has 94 valence electrons. The van der Waals surface area contributed by atoms with Gasteiger partial charge in [-0.1, -0.05) is 0 Å². The van der Waals surface area contributed by atoms with Crippen molar-refractivity contribution in [2.24, 2.45) is 4.36 Å². The first-order valence-electron chi connectivity index (χ1n) is 5.10. The number of nitrogens with zero attached hydrogens (tertiary/aromatic N) is 2. The third kappa shape index (κ3) is 3.81. The SMILES string of the molecule is CC(C)(C)N=S(C)(=O)c1ccc([N+](=O)[O-])cc1. The predicted octanol–water partition coefficient (Wildman–Crippen LogP) is 2.85. The highest BCUT2D eigenvalue weighted by atomic mass is 32.2. The van der Waals surface area contributed by atoms with E-state index in [1.54, 1.807) is 6.26 Å². The molecule has 1 atom stereocenters. The van der Waals surface area contributed by atoms with Gasteiger partial charge in [-0.05, 0) is 32.9 Å². The van der Waals surface area contributed by atoms with Crippen molar-refractivity contribution >= 4 is 15.4 Å². The van der Waals surface area contributed by atoms with Crippen LogP contribution in [-0.4, -0.2) is 20.9 Å². The molecule has 0 N–H and O–H groups in total. The molecule has 0 aliphatic heterocycles. The van der Waals surface area contributed by atoms with Crippen LogP contribution in [0, 0.1) is 10.1 Å². The van der Waals surface area contributed by atoms with E-state index in [9.17, 15) is 14.3 Å². The molecule has 0 aromatic heterocycles. The van der Waals surface area contributed by atoms with Crippen molar-refractivity contribution < 1.29 is 9.13 Å². The molecule has 0 heterocycles. The van der Waals surface area contributed by atoms with Crippen molar-refractivity contribution in [2.45, 2.75) is 31.2 Å². The van der Waals surface area contributed by atoms with Gasteiger partial charge in [-0.2, -0.15) is 0 Å². The van der Waals surface area contributed by atoms with E-state index in [4.69, 9.17) is 0 Å². The summed E-state index contributed by atoms with van der Waals surface area (Å²) >= 11 is 0. The number of nitro benzene ring substituents is 1. The number of hydrogen-bond donors (Lipinski definition) is 0. The molecule has 0 aliphatic rings. The molecule has 1 aromatic rings. The molecule has 0 amide bonds. The molecule has 0 spiro atoms. The molecular weight excluding hydrogens is 240 g/mol. The topological polar surface area (TPSA) is 72.6 Å². The maximum Gasteiger partial charge on any atom is 0.269 e. The Morgan fingerprint density at radius 2 is 1.71 bits per heavy atom. The van der Waals surface area contributed by atoms with Gasteiger partial charge in [0.2, 0.25) is 0 Å². The molecule has 0 fully saturated rings. The second-order valence-electron chi connectivity index (χ2n) is 4.82. The van der Waals surface area contributed by atoms with E-state index in [-0.39, 0.29) is 5.69 Å². The first-order valence-corrected chi connectivity index (χ1v) is 7.02.